The number of aromatic nitrogens is 3. The van der Waals surface area contributed by atoms with Gasteiger partial charge in [-0.25, -0.2) is 9.97 Å². The van der Waals surface area contributed by atoms with Gasteiger partial charge in [0.25, 0.3) is 0 Å². The first-order chi connectivity index (χ1) is 28.7. The van der Waals surface area contributed by atoms with Crippen molar-refractivity contribution in [2.24, 2.45) is 0 Å². The predicted octanol–water partition coefficient (Wildman–Crippen LogP) is 14.5. The molecule has 2 heterocycles. The van der Waals surface area contributed by atoms with E-state index in [4.69, 9.17) is 9.97 Å². The number of benzene rings is 9. The van der Waals surface area contributed by atoms with Gasteiger partial charge < -0.3 is 0 Å². The first-order valence-corrected chi connectivity index (χ1v) is 19.7. The molecule has 0 atom stereocenters. The van der Waals surface area contributed by atoms with Gasteiger partial charge in [-0.3, -0.25) is 4.98 Å². The zero-order valence-electron chi connectivity index (χ0n) is 31.5. The number of hydrogen-bond donors (Lipinski definition) is 0. The van der Waals surface area contributed by atoms with Crippen LogP contribution in [0.5, 0.6) is 0 Å². The minimum atomic E-state index is 0.676. The van der Waals surface area contributed by atoms with Crippen LogP contribution >= 0.6 is 0 Å². The Labute approximate surface area is 336 Å². The molecule has 0 radical (unpaired) electrons. The summed E-state index contributed by atoms with van der Waals surface area (Å²) in [6.07, 6.45) is 3.71. The molecule has 0 spiro atoms. The summed E-state index contributed by atoms with van der Waals surface area (Å²) in [7, 11) is 0. The van der Waals surface area contributed by atoms with Gasteiger partial charge in [-0.05, 0) is 101 Å². The van der Waals surface area contributed by atoms with E-state index in [9.17, 15) is 0 Å². The molecule has 0 N–H and O–H groups in total. The fourth-order valence-electron chi connectivity index (χ4n) is 8.61. The smallest absolute Gasteiger partial charge is 0.160 e. The molecule has 0 aliphatic heterocycles. The van der Waals surface area contributed by atoms with Crippen molar-refractivity contribution in [3.05, 3.63) is 213 Å². The van der Waals surface area contributed by atoms with Crippen molar-refractivity contribution in [1.82, 2.24) is 15.0 Å². The van der Waals surface area contributed by atoms with E-state index in [0.717, 1.165) is 50.2 Å². The minimum Gasteiger partial charge on any atom is -0.264 e. The van der Waals surface area contributed by atoms with E-state index in [2.05, 4.69) is 199 Å². The van der Waals surface area contributed by atoms with Crippen molar-refractivity contribution in [1.29, 1.82) is 0 Å². The van der Waals surface area contributed by atoms with Crippen LogP contribution in [0, 0.1) is 0 Å². The summed E-state index contributed by atoms with van der Waals surface area (Å²) in [6, 6.07) is 71.5. The molecule has 0 saturated carbocycles. The molecule has 0 aliphatic rings. The summed E-state index contributed by atoms with van der Waals surface area (Å²) >= 11 is 0. The van der Waals surface area contributed by atoms with Crippen LogP contribution in [0.2, 0.25) is 0 Å². The maximum Gasteiger partial charge on any atom is 0.160 e. The summed E-state index contributed by atoms with van der Waals surface area (Å²) in [5, 5.41) is 9.67. The Morgan fingerprint density at radius 3 is 1.55 bits per heavy atom. The van der Waals surface area contributed by atoms with Crippen LogP contribution < -0.4 is 0 Å². The summed E-state index contributed by atoms with van der Waals surface area (Å²) in [5.74, 6) is 0.676. The second-order valence-electron chi connectivity index (χ2n) is 14.8. The van der Waals surface area contributed by atoms with Crippen molar-refractivity contribution in [3.8, 4) is 67.3 Å². The fourth-order valence-corrected chi connectivity index (χ4v) is 8.61. The first kappa shape index (κ1) is 33.6. The first-order valence-electron chi connectivity index (χ1n) is 19.7. The second kappa shape index (κ2) is 14.1. The van der Waals surface area contributed by atoms with Crippen LogP contribution in [-0.4, -0.2) is 15.0 Å². The lowest BCUT2D eigenvalue weighted by molar-refractivity contribution is 1.18. The number of rotatable bonds is 6. The second-order valence-corrected chi connectivity index (χ2v) is 14.8. The van der Waals surface area contributed by atoms with E-state index in [1.54, 1.807) is 6.20 Å². The molecule has 2 aromatic heterocycles. The topological polar surface area (TPSA) is 38.7 Å². The molecule has 0 aliphatic carbocycles. The lowest BCUT2D eigenvalue weighted by Gasteiger charge is -2.18. The number of hydrogen-bond acceptors (Lipinski definition) is 3. The molecule has 0 amide bonds. The lowest BCUT2D eigenvalue weighted by atomic mass is 9.85. The van der Waals surface area contributed by atoms with Crippen molar-refractivity contribution < 1.29 is 0 Å². The van der Waals surface area contributed by atoms with E-state index >= 15 is 0 Å². The molecule has 11 rings (SSSR count). The van der Waals surface area contributed by atoms with Gasteiger partial charge in [0.2, 0.25) is 0 Å². The van der Waals surface area contributed by atoms with Crippen molar-refractivity contribution in [2.75, 3.05) is 0 Å². The van der Waals surface area contributed by atoms with Crippen LogP contribution in [0.4, 0.5) is 0 Å². The minimum absolute atomic E-state index is 0.676. The molecular weight excluding hydrogens is 703 g/mol. The third kappa shape index (κ3) is 5.89. The highest BCUT2D eigenvalue weighted by atomic mass is 14.9. The molecule has 11 aromatic rings. The van der Waals surface area contributed by atoms with Gasteiger partial charge in [0.1, 0.15) is 0 Å². The summed E-state index contributed by atoms with van der Waals surface area (Å²) in [4.78, 5) is 15.0. The fraction of sp³-hybridized carbons (Fsp3) is 0. The molecule has 0 bridgehead atoms. The SMILES string of the molecule is c1cncc(-c2cccc(-c3cc(-c4cccc5ccccc45)nc(-c4cccc(-c5c6ccccc6c(-c6ccc7ccccc7c6)c6ccccc56)c4)n3)c2)c1. The molecule has 58 heavy (non-hydrogen) atoms. The summed E-state index contributed by atoms with van der Waals surface area (Å²) in [5.41, 5.74) is 11.7. The van der Waals surface area contributed by atoms with E-state index in [1.165, 1.54) is 54.4 Å². The highest BCUT2D eigenvalue weighted by molar-refractivity contribution is 6.21. The average molecular weight is 738 g/mol. The normalized spacial score (nSPS) is 11.4. The van der Waals surface area contributed by atoms with Gasteiger partial charge in [0.15, 0.2) is 5.82 Å². The van der Waals surface area contributed by atoms with Gasteiger partial charge in [0.05, 0.1) is 11.4 Å². The van der Waals surface area contributed by atoms with Crippen LogP contribution in [0.15, 0.2) is 213 Å². The summed E-state index contributed by atoms with van der Waals surface area (Å²) in [6.45, 7) is 0. The summed E-state index contributed by atoms with van der Waals surface area (Å²) < 4.78 is 0. The number of fused-ring (bicyclic) bond motifs is 4. The van der Waals surface area contributed by atoms with Crippen molar-refractivity contribution >= 4 is 43.1 Å². The van der Waals surface area contributed by atoms with Crippen LogP contribution in [0.1, 0.15) is 0 Å². The number of pyridine rings is 1. The molecule has 9 aromatic carbocycles. The molecule has 3 heteroatoms. The molecule has 0 unspecified atom stereocenters. The van der Waals surface area contributed by atoms with Crippen molar-refractivity contribution in [2.45, 2.75) is 0 Å². The Hall–Kier alpha value is -7.75. The lowest BCUT2D eigenvalue weighted by Crippen LogP contribution is -1.97. The van der Waals surface area contributed by atoms with Gasteiger partial charge >= 0.3 is 0 Å². The Kier molecular flexibility index (Phi) is 8.15. The predicted molar refractivity (Wildman–Crippen MR) is 242 cm³/mol. The maximum absolute atomic E-state index is 5.35. The van der Waals surface area contributed by atoms with Gasteiger partial charge in [-0.15, -0.1) is 0 Å². The number of nitrogens with zero attached hydrogens (tertiary/aromatic N) is 3. The van der Waals surface area contributed by atoms with Crippen LogP contribution in [0.3, 0.4) is 0 Å². The average Bonchev–Trinajstić information content (AvgIpc) is 3.30. The van der Waals surface area contributed by atoms with E-state index in [0.29, 0.717) is 5.82 Å². The third-order valence-electron chi connectivity index (χ3n) is 11.3. The van der Waals surface area contributed by atoms with Crippen LogP contribution in [0.25, 0.3) is 110 Å². The molecule has 0 saturated heterocycles. The zero-order chi connectivity index (χ0) is 38.4. The molecule has 270 valence electrons. The standard InChI is InChI=1S/C55H35N3/c1-2-15-38-32-42(29-28-36(38)13-1)54-49-25-7-5-23-47(49)53(48-24-6-8-26-50(48)54)41-19-10-20-43(33-41)55-57-51(40-18-9-17-39(31-40)44-21-12-30-56-35-44)34-52(58-55)46-27-11-16-37-14-3-4-22-45(37)46/h1-35H. The van der Waals surface area contributed by atoms with E-state index in [-0.39, 0.29) is 0 Å². The largest absolute Gasteiger partial charge is 0.264 e. The highest BCUT2D eigenvalue weighted by Gasteiger charge is 2.19. The van der Waals surface area contributed by atoms with Gasteiger partial charge in [-0.2, -0.15) is 0 Å². The quantitative estimate of drug-likeness (QED) is 0.160. The maximum atomic E-state index is 5.35. The molecular formula is C55H35N3. The van der Waals surface area contributed by atoms with E-state index in [1.807, 2.05) is 12.3 Å². The third-order valence-corrected chi connectivity index (χ3v) is 11.3. The Bertz CT molecular complexity index is 3290. The Balaban J connectivity index is 1.12. The Morgan fingerprint density at radius 2 is 0.828 bits per heavy atom. The van der Waals surface area contributed by atoms with Crippen molar-refractivity contribution in [3.63, 3.8) is 0 Å². The Morgan fingerprint density at radius 1 is 0.293 bits per heavy atom. The van der Waals surface area contributed by atoms with Crippen LogP contribution in [-0.2, 0) is 0 Å². The molecule has 0 fully saturated rings. The van der Waals surface area contributed by atoms with E-state index < -0.39 is 0 Å². The molecule has 3 nitrogen and oxygen atoms in total. The monoisotopic (exact) mass is 737 g/mol. The zero-order valence-corrected chi connectivity index (χ0v) is 31.5. The van der Waals surface area contributed by atoms with Gasteiger partial charge in [0, 0.05) is 34.6 Å². The van der Waals surface area contributed by atoms with Gasteiger partial charge in [-0.1, -0.05) is 170 Å². The highest BCUT2D eigenvalue weighted by Crippen LogP contribution is 2.45.